The molecule has 1 amide bonds. The summed E-state index contributed by atoms with van der Waals surface area (Å²) in [7, 11) is -3.25. The van der Waals surface area contributed by atoms with Crippen molar-refractivity contribution in [1.29, 1.82) is 0 Å². The normalized spacial score (nSPS) is 19.0. The maximum Gasteiger partial charge on any atom is 0.276 e. The van der Waals surface area contributed by atoms with E-state index in [2.05, 4.69) is 27.5 Å². The van der Waals surface area contributed by atoms with Crippen LogP contribution in [0.15, 0.2) is 77.4 Å². The van der Waals surface area contributed by atoms with Gasteiger partial charge in [-0.2, -0.15) is 5.10 Å². The summed E-state index contributed by atoms with van der Waals surface area (Å²) in [6.07, 6.45) is 12.2. The number of fused-ring (bicyclic) bond motifs is 1. The number of aromatic nitrogens is 2. The van der Waals surface area contributed by atoms with E-state index in [1.165, 1.54) is 25.5 Å². The van der Waals surface area contributed by atoms with E-state index in [1.54, 1.807) is 28.9 Å². The van der Waals surface area contributed by atoms with Crippen LogP contribution in [0, 0.1) is 0 Å². The second kappa shape index (κ2) is 9.79. The zero-order valence-corrected chi connectivity index (χ0v) is 20.7. The molecule has 0 spiro atoms. The first-order valence-electron chi connectivity index (χ1n) is 12.1. The lowest BCUT2D eigenvalue weighted by Crippen LogP contribution is -2.39. The van der Waals surface area contributed by atoms with E-state index >= 15 is 0 Å². The van der Waals surface area contributed by atoms with Crippen LogP contribution in [-0.2, 0) is 16.4 Å². The SMILES string of the molecule is CS(=O)(=O)c1ccc(Cn2nc(C(=O)NC3=CCC(N4CCCCC4)C=C3)c3ccccc32)cc1. The molecular formula is C27H30N4O3S. The topological polar surface area (TPSA) is 84.3 Å². The summed E-state index contributed by atoms with van der Waals surface area (Å²) in [5.74, 6) is -0.236. The number of likely N-dealkylation sites (tertiary alicyclic amines) is 1. The fourth-order valence-electron chi connectivity index (χ4n) is 4.84. The van der Waals surface area contributed by atoms with Crippen molar-refractivity contribution in [2.45, 2.75) is 43.2 Å². The lowest BCUT2D eigenvalue weighted by Gasteiger charge is -2.33. The van der Waals surface area contributed by atoms with Gasteiger partial charge in [-0.3, -0.25) is 14.4 Å². The number of benzene rings is 2. The Labute approximate surface area is 206 Å². The van der Waals surface area contributed by atoms with Gasteiger partial charge in [0.05, 0.1) is 17.0 Å². The summed E-state index contributed by atoms with van der Waals surface area (Å²) >= 11 is 0. The zero-order valence-electron chi connectivity index (χ0n) is 19.9. The highest BCUT2D eigenvalue weighted by atomic mass is 32.2. The number of carbonyl (C=O) groups excluding carboxylic acids is 1. The second-order valence-corrected chi connectivity index (χ2v) is 11.3. The highest BCUT2D eigenvalue weighted by Crippen LogP contribution is 2.22. The van der Waals surface area contributed by atoms with Crippen LogP contribution in [-0.4, -0.2) is 54.4 Å². The van der Waals surface area contributed by atoms with Crippen LogP contribution in [0.1, 0.15) is 41.7 Å². The first-order chi connectivity index (χ1) is 16.9. The van der Waals surface area contributed by atoms with Crippen molar-refractivity contribution < 1.29 is 13.2 Å². The first kappa shape index (κ1) is 23.5. The molecule has 35 heavy (non-hydrogen) atoms. The Morgan fingerprint density at radius 3 is 2.49 bits per heavy atom. The minimum atomic E-state index is -3.25. The fourth-order valence-corrected chi connectivity index (χ4v) is 5.47. The Kier molecular flexibility index (Phi) is 6.58. The smallest absolute Gasteiger partial charge is 0.276 e. The number of hydrogen-bond acceptors (Lipinski definition) is 5. The van der Waals surface area contributed by atoms with E-state index < -0.39 is 9.84 Å². The van der Waals surface area contributed by atoms with Crippen molar-refractivity contribution in [3.63, 3.8) is 0 Å². The van der Waals surface area contributed by atoms with Gasteiger partial charge in [-0.1, -0.05) is 48.9 Å². The summed E-state index contributed by atoms with van der Waals surface area (Å²) < 4.78 is 25.3. The molecule has 0 bridgehead atoms. The van der Waals surface area contributed by atoms with Gasteiger partial charge in [-0.25, -0.2) is 8.42 Å². The fraction of sp³-hybridized carbons (Fsp3) is 0.333. The van der Waals surface area contributed by atoms with Crippen LogP contribution >= 0.6 is 0 Å². The maximum atomic E-state index is 13.2. The van der Waals surface area contributed by atoms with Gasteiger partial charge in [-0.15, -0.1) is 0 Å². The van der Waals surface area contributed by atoms with Gasteiger partial charge in [0.1, 0.15) is 0 Å². The van der Waals surface area contributed by atoms with Crippen LogP contribution < -0.4 is 5.32 Å². The van der Waals surface area contributed by atoms with E-state index in [0.29, 0.717) is 18.3 Å². The number of piperidine rings is 1. The Bertz CT molecular complexity index is 1400. The summed E-state index contributed by atoms with van der Waals surface area (Å²) in [5.41, 5.74) is 2.93. The van der Waals surface area contributed by atoms with Crippen molar-refractivity contribution >= 4 is 26.6 Å². The van der Waals surface area contributed by atoms with Gasteiger partial charge in [0.25, 0.3) is 5.91 Å². The standard InChI is InChI=1S/C27H30N4O3S/c1-35(33,34)23-15-9-20(10-16-23)19-31-25-8-4-3-7-24(25)26(29-31)27(32)28-21-11-13-22(14-12-21)30-17-5-2-6-18-30/h3-4,7-13,15-16,22H,2,5-6,14,17-19H2,1H3,(H,28,32). The minimum absolute atomic E-state index is 0.236. The van der Waals surface area contributed by atoms with E-state index in [-0.39, 0.29) is 10.8 Å². The van der Waals surface area contributed by atoms with Gasteiger partial charge >= 0.3 is 0 Å². The van der Waals surface area contributed by atoms with Crippen molar-refractivity contribution in [3.8, 4) is 0 Å². The van der Waals surface area contributed by atoms with E-state index in [4.69, 9.17) is 0 Å². The summed E-state index contributed by atoms with van der Waals surface area (Å²) in [6.45, 7) is 2.72. The molecule has 0 radical (unpaired) electrons. The van der Waals surface area contributed by atoms with Gasteiger partial charge in [0, 0.05) is 23.4 Å². The van der Waals surface area contributed by atoms with E-state index in [0.717, 1.165) is 41.7 Å². The van der Waals surface area contributed by atoms with Crippen LogP contribution in [0.5, 0.6) is 0 Å². The molecule has 2 heterocycles. The van der Waals surface area contributed by atoms with Gasteiger partial charge in [0.15, 0.2) is 15.5 Å². The molecule has 8 heteroatoms. The van der Waals surface area contributed by atoms with Crippen LogP contribution in [0.4, 0.5) is 0 Å². The predicted molar refractivity (Wildman–Crippen MR) is 137 cm³/mol. The molecule has 3 aromatic rings. The molecule has 182 valence electrons. The zero-order chi connectivity index (χ0) is 24.4. The lowest BCUT2D eigenvalue weighted by atomic mass is 10.0. The Morgan fingerprint density at radius 1 is 1.06 bits per heavy atom. The highest BCUT2D eigenvalue weighted by Gasteiger charge is 2.22. The number of amides is 1. The molecule has 2 aliphatic rings. The maximum absolute atomic E-state index is 13.2. The molecule has 1 fully saturated rings. The summed E-state index contributed by atoms with van der Waals surface area (Å²) in [5, 5.41) is 8.44. The number of rotatable bonds is 6. The predicted octanol–water partition coefficient (Wildman–Crippen LogP) is 3.92. The van der Waals surface area contributed by atoms with Crippen molar-refractivity contribution in [2.75, 3.05) is 19.3 Å². The van der Waals surface area contributed by atoms with Crippen molar-refractivity contribution in [1.82, 2.24) is 20.0 Å². The van der Waals surface area contributed by atoms with E-state index in [9.17, 15) is 13.2 Å². The Hall–Kier alpha value is -3.23. The third-order valence-corrected chi connectivity index (χ3v) is 7.88. The van der Waals surface area contributed by atoms with Crippen molar-refractivity contribution in [3.05, 3.63) is 83.7 Å². The third kappa shape index (κ3) is 5.23. The van der Waals surface area contributed by atoms with Gasteiger partial charge < -0.3 is 5.32 Å². The molecular weight excluding hydrogens is 460 g/mol. The Balaban J connectivity index is 1.32. The molecule has 1 N–H and O–H groups in total. The average molecular weight is 491 g/mol. The van der Waals surface area contributed by atoms with Crippen LogP contribution in [0.3, 0.4) is 0 Å². The Morgan fingerprint density at radius 2 is 1.80 bits per heavy atom. The van der Waals surface area contributed by atoms with E-state index in [1.807, 2.05) is 30.3 Å². The van der Waals surface area contributed by atoms with Gasteiger partial charge in [0.2, 0.25) is 0 Å². The highest BCUT2D eigenvalue weighted by molar-refractivity contribution is 7.90. The molecule has 1 aliphatic heterocycles. The monoisotopic (exact) mass is 490 g/mol. The van der Waals surface area contributed by atoms with Crippen molar-refractivity contribution in [2.24, 2.45) is 0 Å². The number of carbonyl (C=O) groups is 1. The molecule has 5 rings (SSSR count). The molecule has 2 aromatic carbocycles. The minimum Gasteiger partial charge on any atom is -0.321 e. The molecule has 1 saturated heterocycles. The summed E-state index contributed by atoms with van der Waals surface area (Å²) in [4.78, 5) is 16.0. The largest absolute Gasteiger partial charge is 0.321 e. The molecule has 1 atom stereocenters. The molecule has 1 aromatic heterocycles. The molecule has 7 nitrogen and oxygen atoms in total. The second-order valence-electron chi connectivity index (χ2n) is 9.31. The molecule has 0 saturated carbocycles. The number of nitrogens with zero attached hydrogens (tertiary/aromatic N) is 3. The van der Waals surface area contributed by atoms with Gasteiger partial charge in [-0.05, 0) is 62.2 Å². The van der Waals surface area contributed by atoms with Crippen LogP contribution in [0.25, 0.3) is 10.9 Å². The summed E-state index contributed by atoms with van der Waals surface area (Å²) in [6, 6.07) is 14.8. The number of sulfone groups is 1. The number of nitrogens with one attached hydrogen (secondary N) is 1. The first-order valence-corrected chi connectivity index (χ1v) is 14.0. The lowest BCUT2D eigenvalue weighted by molar-refractivity contribution is 0.0962. The quantitative estimate of drug-likeness (QED) is 0.566. The molecule has 1 aliphatic carbocycles. The van der Waals surface area contributed by atoms with Crippen LogP contribution in [0.2, 0.25) is 0 Å². The third-order valence-electron chi connectivity index (χ3n) is 6.75. The number of allylic oxidation sites excluding steroid dienone is 1. The number of para-hydroxylation sites is 1. The average Bonchev–Trinajstić information content (AvgIpc) is 3.23. The molecule has 1 unspecified atom stereocenters. The number of hydrogen-bond donors (Lipinski definition) is 1.